The molecule has 2 aliphatic rings. The Kier molecular flexibility index (Phi) is 3.67. The number of aliphatic imine (C=N–C) groups is 1. The summed E-state index contributed by atoms with van der Waals surface area (Å²) >= 11 is 12.0. The van der Waals surface area contributed by atoms with Gasteiger partial charge < -0.3 is 14.2 Å². The first-order chi connectivity index (χ1) is 11.6. The fourth-order valence-corrected chi connectivity index (χ4v) is 2.79. The molecule has 0 fully saturated rings. The van der Waals surface area contributed by atoms with Crippen LogP contribution >= 0.6 is 23.2 Å². The quantitative estimate of drug-likeness (QED) is 0.597. The average molecular weight is 362 g/mol. The Morgan fingerprint density at radius 2 is 1.88 bits per heavy atom. The zero-order chi connectivity index (χ0) is 16.7. The molecule has 4 rings (SSSR count). The van der Waals surface area contributed by atoms with Gasteiger partial charge in [-0.25, -0.2) is 9.79 Å². The van der Waals surface area contributed by atoms with Crippen LogP contribution in [-0.4, -0.2) is 18.7 Å². The predicted octanol–water partition coefficient (Wildman–Crippen LogP) is 4.07. The third-order valence-electron chi connectivity index (χ3n) is 3.49. The molecule has 0 aromatic heterocycles. The van der Waals surface area contributed by atoms with Crippen molar-refractivity contribution < 1.29 is 19.0 Å². The minimum atomic E-state index is -0.548. The van der Waals surface area contributed by atoms with Crippen LogP contribution in [-0.2, 0) is 9.53 Å². The van der Waals surface area contributed by atoms with Gasteiger partial charge in [0, 0.05) is 15.6 Å². The van der Waals surface area contributed by atoms with E-state index in [1.807, 2.05) is 0 Å². The third kappa shape index (κ3) is 2.72. The molecule has 0 N–H and O–H groups in total. The molecule has 2 aromatic carbocycles. The molecule has 2 aliphatic heterocycles. The summed E-state index contributed by atoms with van der Waals surface area (Å²) in [6.07, 6.45) is 1.56. The molecule has 0 radical (unpaired) electrons. The molecule has 120 valence electrons. The summed E-state index contributed by atoms with van der Waals surface area (Å²) in [5, 5.41) is 0.940. The Morgan fingerprint density at radius 1 is 1.04 bits per heavy atom. The average Bonchev–Trinajstić information content (AvgIpc) is 3.16. The van der Waals surface area contributed by atoms with Crippen molar-refractivity contribution in [2.45, 2.75) is 0 Å². The molecule has 0 atom stereocenters. The van der Waals surface area contributed by atoms with Crippen LogP contribution in [0.25, 0.3) is 6.08 Å². The van der Waals surface area contributed by atoms with Gasteiger partial charge in [0.05, 0.1) is 0 Å². The molecule has 2 heterocycles. The smallest absolute Gasteiger partial charge is 0.363 e. The zero-order valence-corrected chi connectivity index (χ0v) is 13.6. The number of carbonyl (C=O) groups excluding carboxylic acids is 1. The topological polar surface area (TPSA) is 57.1 Å². The lowest BCUT2D eigenvalue weighted by atomic mass is 10.2. The molecule has 2 aromatic rings. The Morgan fingerprint density at radius 3 is 2.71 bits per heavy atom. The summed E-state index contributed by atoms with van der Waals surface area (Å²) in [4.78, 5) is 16.3. The molecular weight excluding hydrogens is 353 g/mol. The van der Waals surface area contributed by atoms with E-state index < -0.39 is 5.97 Å². The fraction of sp³-hybridized carbons (Fsp3) is 0.0588. The third-order valence-corrected chi connectivity index (χ3v) is 4.06. The second-order valence-electron chi connectivity index (χ2n) is 5.07. The van der Waals surface area contributed by atoms with Crippen molar-refractivity contribution in [3.63, 3.8) is 0 Å². The van der Waals surface area contributed by atoms with E-state index in [9.17, 15) is 4.79 Å². The van der Waals surface area contributed by atoms with Gasteiger partial charge in [0.2, 0.25) is 12.7 Å². The molecular formula is C17H9Cl2NO4. The van der Waals surface area contributed by atoms with Crippen molar-refractivity contribution in [2.24, 2.45) is 4.99 Å². The largest absolute Gasteiger partial charge is 0.454 e. The van der Waals surface area contributed by atoms with Crippen LogP contribution in [0.1, 0.15) is 11.1 Å². The molecule has 0 bridgehead atoms. The number of nitrogens with zero attached hydrogens (tertiary/aromatic N) is 1. The number of benzene rings is 2. The van der Waals surface area contributed by atoms with Gasteiger partial charge in [-0.05, 0) is 42.0 Å². The highest BCUT2D eigenvalue weighted by Crippen LogP contribution is 2.33. The summed E-state index contributed by atoms with van der Waals surface area (Å²) in [6.45, 7) is 0.172. The van der Waals surface area contributed by atoms with Gasteiger partial charge in [-0.1, -0.05) is 29.3 Å². The molecule has 0 unspecified atom stereocenters. The maximum absolute atomic E-state index is 12.0. The minimum Gasteiger partial charge on any atom is -0.454 e. The van der Waals surface area contributed by atoms with E-state index >= 15 is 0 Å². The van der Waals surface area contributed by atoms with Crippen molar-refractivity contribution in [3.05, 3.63) is 63.3 Å². The van der Waals surface area contributed by atoms with E-state index in [1.165, 1.54) is 0 Å². The van der Waals surface area contributed by atoms with E-state index in [-0.39, 0.29) is 18.4 Å². The fourth-order valence-electron chi connectivity index (χ4n) is 2.33. The number of esters is 1. The molecule has 7 heteroatoms. The second-order valence-corrected chi connectivity index (χ2v) is 5.91. The Labute approximate surface area is 147 Å². The second kappa shape index (κ2) is 5.85. The number of ether oxygens (including phenoxy) is 3. The number of cyclic esters (lactones) is 1. The van der Waals surface area contributed by atoms with Gasteiger partial charge in [-0.2, -0.15) is 0 Å². The van der Waals surface area contributed by atoms with E-state index in [1.54, 1.807) is 42.5 Å². The number of rotatable bonds is 2. The molecule has 0 saturated heterocycles. The molecule has 0 saturated carbocycles. The number of carbonyl (C=O) groups is 1. The van der Waals surface area contributed by atoms with E-state index in [0.29, 0.717) is 32.7 Å². The van der Waals surface area contributed by atoms with Crippen molar-refractivity contribution in [2.75, 3.05) is 6.79 Å². The van der Waals surface area contributed by atoms with E-state index in [2.05, 4.69) is 4.99 Å². The zero-order valence-electron chi connectivity index (χ0n) is 12.1. The molecule has 5 nitrogen and oxygen atoms in total. The van der Waals surface area contributed by atoms with Gasteiger partial charge in [-0.15, -0.1) is 0 Å². The molecule has 0 amide bonds. The SMILES string of the molecule is O=C1OC(c2ccc3c(c2)OCO3)=NC1=Cc1ccc(Cl)cc1Cl. The summed E-state index contributed by atoms with van der Waals surface area (Å²) in [6, 6.07) is 10.2. The van der Waals surface area contributed by atoms with Crippen molar-refractivity contribution >= 4 is 41.1 Å². The normalized spacial score (nSPS) is 17.2. The van der Waals surface area contributed by atoms with Crippen molar-refractivity contribution in [3.8, 4) is 11.5 Å². The van der Waals surface area contributed by atoms with Gasteiger partial charge >= 0.3 is 5.97 Å². The van der Waals surface area contributed by atoms with Crippen LogP contribution in [0.5, 0.6) is 11.5 Å². The summed E-state index contributed by atoms with van der Waals surface area (Å²) in [5.74, 6) is 0.889. The molecule has 24 heavy (non-hydrogen) atoms. The summed E-state index contributed by atoms with van der Waals surface area (Å²) in [5.41, 5.74) is 1.41. The summed E-state index contributed by atoms with van der Waals surface area (Å²) < 4.78 is 15.8. The van der Waals surface area contributed by atoms with Crippen LogP contribution in [0.3, 0.4) is 0 Å². The maximum Gasteiger partial charge on any atom is 0.363 e. The first-order valence-corrected chi connectivity index (χ1v) is 7.73. The highest BCUT2D eigenvalue weighted by atomic mass is 35.5. The van der Waals surface area contributed by atoms with Gasteiger partial charge in [-0.3, -0.25) is 0 Å². The monoisotopic (exact) mass is 361 g/mol. The van der Waals surface area contributed by atoms with Crippen LogP contribution in [0, 0.1) is 0 Å². The Hall–Kier alpha value is -2.50. The first kappa shape index (κ1) is 15.1. The summed E-state index contributed by atoms with van der Waals surface area (Å²) in [7, 11) is 0. The predicted molar refractivity (Wildman–Crippen MR) is 89.6 cm³/mol. The highest BCUT2D eigenvalue weighted by molar-refractivity contribution is 6.35. The van der Waals surface area contributed by atoms with Crippen molar-refractivity contribution in [1.82, 2.24) is 0 Å². The van der Waals surface area contributed by atoms with Crippen LogP contribution in [0.4, 0.5) is 0 Å². The number of fused-ring (bicyclic) bond motifs is 1. The lowest BCUT2D eigenvalue weighted by Crippen LogP contribution is -2.05. The lowest BCUT2D eigenvalue weighted by molar-refractivity contribution is -0.129. The van der Waals surface area contributed by atoms with E-state index in [4.69, 9.17) is 37.4 Å². The van der Waals surface area contributed by atoms with Crippen LogP contribution in [0.2, 0.25) is 10.0 Å². The number of hydrogen-bond acceptors (Lipinski definition) is 5. The minimum absolute atomic E-state index is 0.159. The number of hydrogen-bond donors (Lipinski definition) is 0. The number of halogens is 2. The highest BCUT2D eigenvalue weighted by Gasteiger charge is 2.26. The standard InChI is InChI=1S/C17H9Cl2NO4/c18-11-3-1-9(12(19)7-11)5-13-17(21)24-16(20-13)10-2-4-14-15(6-10)23-8-22-14/h1-7H,8H2. The lowest BCUT2D eigenvalue weighted by Gasteiger charge is -2.01. The Balaban J connectivity index is 1.68. The molecule has 0 spiro atoms. The van der Waals surface area contributed by atoms with E-state index in [0.717, 1.165) is 0 Å². The van der Waals surface area contributed by atoms with Crippen molar-refractivity contribution in [1.29, 1.82) is 0 Å². The maximum atomic E-state index is 12.0. The van der Waals surface area contributed by atoms with Crippen LogP contribution < -0.4 is 9.47 Å². The van der Waals surface area contributed by atoms with Gasteiger partial charge in [0.15, 0.2) is 17.2 Å². The molecule has 0 aliphatic carbocycles. The van der Waals surface area contributed by atoms with Crippen LogP contribution in [0.15, 0.2) is 47.1 Å². The Bertz CT molecular complexity index is 921. The first-order valence-electron chi connectivity index (χ1n) is 6.98. The van der Waals surface area contributed by atoms with Gasteiger partial charge in [0.1, 0.15) is 0 Å². The van der Waals surface area contributed by atoms with Gasteiger partial charge in [0.25, 0.3) is 0 Å².